The van der Waals surface area contributed by atoms with Crippen LogP contribution in [0.15, 0.2) is 10.6 Å². The van der Waals surface area contributed by atoms with E-state index >= 15 is 0 Å². The smallest absolute Gasteiger partial charge is 0.351 e. The first kappa shape index (κ1) is 11.0. The molecule has 14 heavy (non-hydrogen) atoms. The Morgan fingerprint density at radius 2 is 1.93 bits per heavy atom. The van der Waals surface area contributed by atoms with Gasteiger partial charge in [-0.2, -0.15) is 13.2 Å². The Bertz CT molecular complexity index is 317. The molecule has 1 N–H and O–H groups in total. The van der Waals surface area contributed by atoms with Crippen LogP contribution in [0.1, 0.15) is 25.3 Å². The summed E-state index contributed by atoms with van der Waals surface area (Å²) in [7, 11) is 1.64. The fourth-order valence-corrected chi connectivity index (χ4v) is 0.831. The van der Waals surface area contributed by atoms with Crippen LogP contribution in [0.3, 0.4) is 0 Å². The van der Waals surface area contributed by atoms with E-state index < -0.39 is 17.5 Å². The number of hydrogen-bond donors (Lipinski definition) is 1. The first-order valence-corrected chi connectivity index (χ1v) is 4.00. The Kier molecular flexibility index (Phi) is 2.58. The first-order chi connectivity index (χ1) is 6.27. The number of alkyl halides is 3. The van der Waals surface area contributed by atoms with E-state index in [1.807, 2.05) is 0 Å². The summed E-state index contributed by atoms with van der Waals surface area (Å²) in [5.41, 5.74) is -0.403. The van der Waals surface area contributed by atoms with Crippen molar-refractivity contribution >= 4 is 0 Å². The third-order valence-corrected chi connectivity index (χ3v) is 2.05. The number of hydrogen-bond acceptors (Lipinski definition) is 3. The van der Waals surface area contributed by atoms with Gasteiger partial charge < -0.3 is 9.84 Å². The van der Waals surface area contributed by atoms with Crippen molar-refractivity contribution < 1.29 is 17.7 Å². The minimum Gasteiger partial charge on any atom is -0.351 e. The molecule has 80 valence electrons. The van der Waals surface area contributed by atoms with Crippen LogP contribution in [0, 0.1) is 0 Å². The Balaban J connectivity index is 3.00. The van der Waals surface area contributed by atoms with Crippen molar-refractivity contribution in [2.24, 2.45) is 0 Å². The molecule has 1 heterocycles. The molecule has 0 saturated carbocycles. The summed E-state index contributed by atoms with van der Waals surface area (Å²) in [5, 5.41) is 6.20. The van der Waals surface area contributed by atoms with Gasteiger partial charge in [-0.15, -0.1) is 0 Å². The Hall–Kier alpha value is -1.04. The van der Waals surface area contributed by atoms with Crippen molar-refractivity contribution in [1.29, 1.82) is 0 Å². The highest BCUT2D eigenvalue weighted by Crippen LogP contribution is 2.31. The Morgan fingerprint density at radius 3 is 2.29 bits per heavy atom. The van der Waals surface area contributed by atoms with E-state index in [2.05, 4.69) is 15.0 Å². The van der Waals surface area contributed by atoms with Gasteiger partial charge in [-0.05, 0) is 20.9 Å². The molecule has 3 nitrogen and oxygen atoms in total. The lowest BCUT2D eigenvalue weighted by Crippen LogP contribution is -2.33. The summed E-state index contributed by atoms with van der Waals surface area (Å²) in [6.07, 6.45) is -4.48. The van der Waals surface area contributed by atoms with Crippen LogP contribution in [-0.4, -0.2) is 12.2 Å². The molecule has 0 aliphatic rings. The van der Waals surface area contributed by atoms with E-state index in [4.69, 9.17) is 0 Å². The maximum absolute atomic E-state index is 12.1. The molecule has 0 atom stereocenters. The predicted molar refractivity (Wildman–Crippen MR) is 43.6 cm³/mol. The van der Waals surface area contributed by atoms with Gasteiger partial charge in [0.05, 0.1) is 5.54 Å². The molecule has 0 radical (unpaired) electrons. The highest BCUT2D eigenvalue weighted by Gasteiger charge is 2.37. The number of nitrogens with one attached hydrogen (secondary N) is 1. The average molecular weight is 208 g/mol. The van der Waals surface area contributed by atoms with Gasteiger partial charge in [0.1, 0.15) is 5.69 Å². The van der Waals surface area contributed by atoms with Crippen LogP contribution in [-0.2, 0) is 11.7 Å². The molecule has 0 unspecified atom stereocenters. The van der Waals surface area contributed by atoms with Crippen LogP contribution < -0.4 is 5.32 Å². The lowest BCUT2D eigenvalue weighted by atomic mass is 10.0. The highest BCUT2D eigenvalue weighted by atomic mass is 19.4. The number of aromatic nitrogens is 1. The average Bonchev–Trinajstić information content (AvgIpc) is 2.51. The van der Waals surface area contributed by atoms with E-state index in [0.717, 1.165) is 6.07 Å². The molecule has 0 aliphatic carbocycles. The van der Waals surface area contributed by atoms with Crippen molar-refractivity contribution in [2.45, 2.75) is 25.6 Å². The minimum atomic E-state index is -4.48. The van der Waals surface area contributed by atoms with Gasteiger partial charge >= 0.3 is 6.18 Å². The summed E-state index contributed by atoms with van der Waals surface area (Å²) in [6, 6.07) is 0.899. The van der Waals surface area contributed by atoms with Gasteiger partial charge in [0.25, 0.3) is 0 Å². The fourth-order valence-electron chi connectivity index (χ4n) is 0.831. The monoisotopic (exact) mass is 208 g/mol. The highest BCUT2D eigenvalue weighted by molar-refractivity contribution is 5.15. The van der Waals surface area contributed by atoms with Crippen molar-refractivity contribution in [3.05, 3.63) is 17.5 Å². The second-order valence-corrected chi connectivity index (χ2v) is 3.45. The molecule has 0 aliphatic heterocycles. The number of nitrogens with zero attached hydrogens (tertiary/aromatic N) is 1. The maximum Gasteiger partial charge on any atom is 0.452 e. The lowest BCUT2D eigenvalue weighted by molar-refractivity contribution is -0.155. The van der Waals surface area contributed by atoms with Gasteiger partial charge in [-0.3, -0.25) is 0 Å². The zero-order valence-electron chi connectivity index (χ0n) is 8.07. The Morgan fingerprint density at radius 1 is 1.36 bits per heavy atom. The Labute approximate surface area is 79.3 Å². The summed E-state index contributed by atoms with van der Waals surface area (Å²) in [6.45, 7) is 3.43. The molecule has 0 fully saturated rings. The number of rotatable bonds is 2. The summed E-state index contributed by atoms with van der Waals surface area (Å²) in [4.78, 5) is 0. The summed E-state index contributed by atoms with van der Waals surface area (Å²) < 4.78 is 40.6. The molecular weight excluding hydrogens is 197 g/mol. The SMILES string of the molecule is CNC(C)(C)c1cc(C(F)(F)F)on1. The van der Waals surface area contributed by atoms with Gasteiger partial charge in [0, 0.05) is 6.07 Å². The van der Waals surface area contributed by atoms with Crippen molar-refractivity contribution in [2.75, 3.05) is 7.05 Å². The van der Waals surface area contributed by atoms with E-state index in [9.17, 15) is 13.2 Å². The molecule has 1 rings (SSSR count). The molecule has 0 bridgehead atoms. The third-order valence-electron chi connectivity index (χ3n) is 2.05. The molecule has 0 saturated heterocycles. The molecule has 0 spiro atoms. The normalized spacial score (nSPS) is 13.3. The van der Waals surface area contributed by atoms with Crippen LogP contribution in [0.2, 0.25) is 0 Å². The standard InChI is InChI=1S/C8H11F3N2O/c1-7(2,12-3)5-4-6(14-13-5)8(9,10)11/h4,12H,1-3H3. The van der Waals surface area contributed by atoms with Gasteiger partial charge in [-0.25, -0.2) is 0 Å². The zero-order chi connectivity index (χ0) is 11.0. The maximum atomic E-state index is 12.1. The molecule has 1 aromatic heterocycles. The molecule has 0 amide bonds. The quantitative estimate of drug-likeness (QED) is 0.809. The van der Waals surface area contributed by atoms with E-state index in [-0.39, 0.29) is 5.69 Å². The largest absolute Gasteiger partial charge is 0.452 e. The topological polar surface area (TPSA) is 38.1 Å². The van der Waals surface area contributed by atoms with Crippen molar-refractivity contribution in [1.82, 2.24) is 10.5 Å². The van der Waals surface area contributed by atoms with E-state index in [1.165, 1.54) is 0 Å². The van der Waals surface area contributed by atoms with Crippen molar-refractivity contribution in [3.63, 3.8) is 0 Å². The predicted octanol–water partition coefficient (Wildman–Crippen LogP) is 2.15. The van der Waals surface area contributed by atoms with Crippen LogP contribution in [0.4, 0.5) is 13.2 Å². The lowest BCUT2D eigenvalue weighted by Gasteiger charge is -2.19. The first-order valence-electron chi connectivity index (χ1n) is 4.00. The summed E-state index contributed by atoms with van der Waals surface area (Å²) >= 11 is 0. The molecule has 1 aromatic rings. The van der Waals surface area contributed by atoms with E-state index in [1.54, 1.807) is 20.9 Å². The van der Waals surface area contributed by atoms with E-state index in [0.29, 0.717) is 0 Å². The van der Waals surface area contributed by atoms with Crippen LogP contribution in [0.25, 0.3) is 0 Å². The molecule has 0 aromatic carbocycles. The molecular formula is C8H11F3N2O. The van der Waals surface area contributed by atoms with Gasteiger partial charge in [0.2, 0.25) is 5.76 Å². The minimum absolute atomic E-state index is 0.229. The zero-order valence-corrected chi connectivity index (χ0v) is 8.07. The number of halogens is 3. The van der Waals surface area contributed by atoms with Crippen LogP contribution in [0.5, 0.6) is 0 Å². The second-order valence-electron chi connectivity index (χ2n) is 3.45. The third kappa shape index (κ3) is 2.06. The van der Waals surface area contributed by atoms with Gasteiger partial charge in [0.15, 0.2) is 0 Å². The van der Waals surface area contributed by atoms with Crippen LogP contribution >= 0.6 is 0 Å². The fraction of sp³-hybridized carbons (Fsp3) is 0.625. The van der Waals surface area contributed by atoms with Crippen molar-refractivity contribution in [3.8, 4) is 0 Å². The van der Waals surface area contributed by atoms with Gasteiger partial charge in [-0.1, -0.05) is 5.16 Å². The second kappa shape index (κ2) is 3.27. The summed E-state index contributed by atoms with van der Waals surface area (Å²) in [5.74, 6) is -1.07. The molecule has 6 heteroatoms.